The molecule has 1 aromatic carbocycles. The molecule has 13 heavy (non-hydrogen) atoms. The lowest BCUT2D eigenvalue weighted by atomic mass is 10.2. The number of nitrogens with zero attached hydrogens (tertiary/aromatic N) is 2. The molecule has 6 heteroatoms. The monoisotopic (exact) mass is 198 g/mol. The van der Waals surface area contributed by atoms with Crippen molar-refractivity contribution < 1.29 is 8.42 Å². The first-order valence-corrected chi connectivity index (χ1v) is 4.97. The Labute approximate surface area is 76.0 Å². The van der Waals surface area contributed by atoms with E-state index in [0.717, 1.165) is 5.56 Å². The van der Waals surface area contributed by atoms with Crippen LogP contribution in [0.4, 0.5) is 0 Å². The highest BCUT2D eigenvalue weighted by Crippen LogP contribution is 2.09. The van der Waals surface area contributed by atoms with Gasteiger partial charge in [0.15, 0.2) is 0 Å². The zero-order valence-corrected chi connectivity index (χ0v) is 7.75. The average molecular weight is 198 g/mol. The largest absolute Gasteiger partial charge is 0.323 e. The molecule has 0 saturated heterocycles. The molecular formula is C7H8N3O2S+. The molecule has 0 unspecified atom stereocenters. The highest BCUT2D eigenvalue weighted by atomic mass is 32.2. The maximum atomic E-state index is 11.2. The van der Waals surface area contributed by atoms with E-state index in [-0.39, 0.29) is 4.90 Å². The Balaban J connectivity index is 3.11. The van der Waals surface area contributed by atoms with Crippen LogP contribution in [0.15, 0.2) is 29.2 Å². The van der Waals surface area contributed by atoms with Gasteiger partial charge in [-0.05, 0) is 19.1 Å². The number of nitrogens with one attached hydrogen (secondary N) is 1. The zero-order valence-electron chi connectivity index (χ0n) is 6.93. The molecule has 5 nitrogen and oxygen atoms in total. The molecule has 0 bridgehead atoms. The van der Waals surface area contributed by atoms with Crippen molar-refractivity contribution >= 4 is 10.0 Å². The molecule has 0 fully saturated rings. The van der Waals surface area contributed by atoms with Crippen LogP contribution in [0.1, 0.15) is 5.56 Å². The van der Waals surface area contributed by atoms with E-state index in [4.69, 9.17) is 5.39 Å². The lowest BCUT2D eigenvalue weighted by Crippen LogP contribution is -2.15. The van der Waals surface area contributed by atoms with E-state index in [1.54, 1.807) is 17.0 Å². The van der Waals surface area contributed by atoms with E-state index >= 15 is 0 Å². The fourth-order valence-electron chi connectivity index (χ4n) is 0.824. The van der Waals surface area contributed by atoms with Gasteiger partial charge in [0.2, 0.25) is 0 Å². The lowest BCUT2D eigenvalue weighted by molar-refractivity contribution is 0.590. The van der Waals surface area contributed by atoms with Gasteiger partial charge in [-0.2, -0.15) is 8.42 Å². The van der Waals surface area contributed by atoms with Crippen molar-refractivity contribution in [1.82, 2.24) is 4.83 Å². The van der Waals surface area contributed by atoms with Crippen LogP contribution in [-0.4, -0.2) is 8.42 Å². The van der Waals surface area contributed by atoms with Crippen molar-refractivity contribution in [3.63, 3.8) is 0 Å². The summed E-state index contributed by atoms with van der Waals surface area (Å²) in [5, 5.41) is 10.4. The molecule has 0 aromatic heterocycles. The number of hydrogen-bond donors (Lipinski definition) is 1. The minimum absolute atomic E-state index is 0.0656. The molecule has 1 N–H and O–H groups in total. The van der Waals surface area contributed by atoms with Crippen LogP contribution in [-0.2, 0) is 10.0 Å². The van der Waals surface area contributed by atoms with Gasteiger partial charge in [-0.15, -0.1) is 0 Å². The summed E-state index contributed by atoms with van der Waals surface area (Å²) >= 11 is 0. The fourth-order valence-corrected chi connectivity index (χ4v) is 1.53. The summed E-state index contributed by atoms with van der Waals surface area (Å²) in [6.45, 7) is 1.85. The molecule has 0 aliphatic heterocycles. The third kappa shape index (κ3) is 2.16. The Morgan fingerprint density at radius 3 is 2.31 bits per heavy atom. The number of hydrogen-bond acceptors (Lipinski definition) is 3. The normalized spacial score (nSPS) is 10.5. The Kier molecular flexibility index (Phi) is 2.49. The number of sulfonamides is 1. The maximum absolute atomic E-state index is 11.2. The molecule has 0 heterocycles. The first-order valence-electron chi connectivity index (χ1n) is 3.49. The third-order valence-electron chi connectivity index (χ3n) is 1.49. The molecule has 0 amide bonds. The SMILES string of the molecule is Cc1ccc(S(=O)(=O)N[N+]#N)cc1. The molecular weight excluding hydrogens is 190 g/mol. The van der Waals surface area contributed by atoms with E-state index < -0.39 is 10.0 Å². The number of rotatable bonds is 2. The average Bonchev–Trinajstić information content (AvgIpc) is 2.05. The van der Waals surface area contributed by atoms with Crippen molar-refractivity contribution in [2.75, 3.05) is 0 Å². The third-order valence-corrected chi connectivity index (χ3v) is 2.71. The van der Waals surface area contributed by atoms with E-state index in [1.165, 1.54) is 12.1 Å². The van der Waals surface area contributed by atoms with Gasteiger partial charge in [-0.25, -0.2) is 0 Å². The summed E-state index contributed by atoms with van der Waals surface area (Å²) < 4.78 is 22.4. The Morgan fingerprint density at radius 1 is 1.31 bits per heavy atom. The summed E-state index contributed by atoms with van der Waals surface area (Å²) in [5.41, 5.74) is 0.958. The zero-order chi connectivity index (χ0) is 9.90. The summed E-state index contributed by atoms with van der Waals surface area (Å²) in [6.07, 6.45) is 0. The van der Waals surface area contributed by atoms with Crippen molar-refractivity contribution in [1.29, 1.82) is 5.39 Å². The van der Waals surface area contributed by atoms with Crippen molar-refractivity contribution in [3.05, 3.63) is 34.9 Å². The highest BCUT2D eigenvalue weighted by molar-refractivity contribution is 7.89. The Morgan fingerprint density at radius 2 is 1.85 bits per heavy atom. The van der Waals surface area contributed by atoms with E-state index in [9.17, 15) is 8.42 Å². The highest BCUT2D eigenvalue weighted by Gasteiger charge is 2.18. The van der Waals surface area contributed by atoms with Gasteiger partial charge in [0.25, 0.3) is 5.39 Å². The second-order valence-corrected chi connectivity index (χ2v) is 4.17. The van der Waals surface area contributed by atoms with E-state index in [1.807, 2.05) is 6.92 Å². The van der Waals surface area contributed by atoms with Gasteiger partial charge in [0.05, 0.1) is 9.73 Å². The number of aryl methyl sites for hydroxylation is 1. The Bertz CT molecular complexity index is 430. The molecule has 0 aliphatic carbocycles. The molecule has 0 spiro atoms. The van der Waals surface area contributed by atoms with Crippen LogP contribution in [0, 0.1) is 12.3 Å². The Hall–Kier alpha value is -1.61. The lowest BCUT2D eigenvalue weighted by Gasteiger charge is -1.95. The van der Waals surface area contributed by atoms with Crippen LogP contribution in [0.25, 0.3) is 5.08 Å². The van der Waals surface area contributed by atoms with Gasteiger partial charge in [0.1, 0.15) is 0 Å². The van der Waals surface area contributed by atoms with E-state index in [0.29, 0.717) is 0 Å². The van der Waals surface area contributed by atoms with Crippen LogP contribution < -0.4 is 4.83 Å². The van der Waals surface area contributed by atoms with Crippen LogP contribution in [0.2, 0.25) is 0 Å². The minimum Gasteiger partial charge on any atom is -0.196 e. The summed E-state index contributed by atoms with van der Waals surface area (Å²) in [5.74, 6) is 0. The topological polar surface area (TPSA) is 74.3 Å². The molecule has 0 atom stereocenters. The predicted octanol–water partition coefficient (Wildman–Crippen LogP) is 1.04. The summed E-state index contributed by atoms with van der Waals surface area (Å²) in [4.78, 5) is 1.68. The summed E-state index contributed by atoms with van der Waals surface area (Å²) in [7, 11) is -3.69. The predicted molar refractivity (Wildman–Crippen MR) is 46.6 cm³/mol. The van der Waals surface area contributed by atoms with Crippen LogP contribution in [0.3, 0.4) is 0 Å². The van der Waals surface area contributed by atoms with Gasteiger partial charge in [-0.3, -0.25) is 0 Å². The van der Waals surface area contributed by atoms with Gasteiger partial charge < -0.3 is 0 Å². The molecule has 68 valence electrons. The van der Waals surface area contributed by atoms with Crippen molar-refractivity contribution in [2.24, 2.45) is 0 Å². The van der Waals surface area contributed by atoms with Crippen LogP contribution >= 0.6 is 0 Å². The van der Waals surface area contributed by atoms with Crippen LogP contribution in [0.5, 0.6) is 0 Å². The fraction of sp³-hybridized carbons (Fsp3) is 0.143. The molecule has 0 saturated carbocycles. The summed E-state index contributed by atoms with van der Waals surface area (Å²) in [6, 6.07) is 6.18. The quantitative estimate of drug-likeness (QED) is 0.570. The molecule has 1 aromatic rings. The van der Waals surface area contributed by atoms with Gasteiger partial charge in [0, 0.05) is 0 Å². The second-order valence-electron chi connectivity index (χ2n) is 2.51. The van der Waals surface area contributed by atoms with Gasteiger partial charge in [-0.1, -0.05) is 17.7 Å². The first-order chi connectivity index (χ1) is 6.06. The van der Waals surface area contributed by atoms with E-state index in [2.05, 4.69) is 5.08 Å². The standard InChI is InChI=1S/C7H8N3O2S/c1-6-2-4-7(5-3-6)13(11,12)10-9-8/h2-5,10H,1H3/q+1. The molecule has 0 radical (unpaired) electrons. The minimum atomic E-state index is -3.69. The molecule has 1 rings (SSSR count). The smallest absolute Gasteiger partial charge is 0.196 e. The first kappa shape index (κ1) is 9.48. The number of diazo groups is 1. The second kappa shape index (κ2) is 3.41. The van der Waals surface area contributed by atoms with Crippen molar-refractivity contribution in [2.45, 2.75) is 11.8 Å². The van der Waals surface area contributed by atoms with Gasteiger partial charge >= 0.3 is 15.1 Å². The maximum Gasteiger partial charge on any atom is 0.323 e. The molecule has 0 aliphatic rings. The number of benzene rings is 1. The van der Waals surface area contributed by atoms with Crippen molar-refractivity contribution in [3.8, 4) is 0 Å².